The summed E-state index contributed by atoms with van der Waals surface area (Å²) in [6.07, 6.45) is 6.23. The number of hydrogen-bond donors (Lipinski definition) is 0. The molecular weight excluding hydrogens is 894 g/mol. The Labute approximate surface area is 391 Å². The molecule has 0 fully saturated rings. The Morgan fingerprint density at radius 1 is 0.266 bits per heavy atom. The van der Waals surface area contributed by atoms with Crippen molar-refractivity contribution in [1.29, 1.82) is 0 Å². The van der Waals surface area contributed by atoms with Crippen molar-refractivity contribution in [1.82, 2.24) is 0 Å². The molecule has 8 aromatic rings. The van der Waals surface area contributed by atoms with E-state index >= 15 is 0 Å². The Balaban J connectivity index is 0.000000234. The molecular formula is C52H36Co2N4O6. The Bertz CT molecular complexity index is 2440. The van der Waals surface area contributed by atoms with Gasteiger partial charge in [0, 0.05) is 24.9 Å². The number of aliphatic imine (C=N–C) groups is 4. The molecule has 0 aliphatic rings. The number of nitrogens with zero attached hydrogens (tertiary/aromatic N) is 4. The van der Waals surface area contributed by atoms with E-state index < -0.39 is 0 Å². The Morgan fingerprint density at radius 2 is 0.453 bits per heavy atom. The Hall–Kier alpha value is -7.75. The average Bonchev–Trinajstić information content (AvgIpc) is 3.30. The van der Waals surface area contributed by atoms with Crippen LogP contribution >= 0.6 is 0 Å². The van der Waals surface area contributed by atoms with Gasteiger partial charge >= 0.3 is 33.6 Å². The summed E-state index contributed by atoms with van der Waals surface area (Å²) in [4.78, 5) is 17.3. The molecule has 8 aromatic carbocycles. The molecule has 64 heavy (non-hydrogen) atoms. The van der Waals surface area contributed by atoms with E-state index in [1.807, 2.05) is 97.1 Å². The maximum Gasteiger partial charge on any atom is 2.00 e. The maximum absolute atomic E-state index is 11.7. The van der Waals surface area contributed by atoms with Crippen molar-refractivity contribution < 1.29 is 63.5 Å². The first kappa shape index (κ1) is 47.3. The molecule has 2 radical (unpaired) electrons. The first-order chi connectivity index (χ1) is 30.3. The summed E-state index contributed by atoms with van der Waals surface area (Å²) in [5, 5.41) is 46.9. The van der Waals surface area contributed by atoms with E-state index in [2.05, 4.69) is 20.0 Å². The number of para-hydroxylation sites is 4. The second kappa shape index (κ2) is 24.0. The van der Waals surface area contributed by atoms with Crippen LogP contribution in [-0.4, -0.2) is 24.9 Å². The number of ether oxygens (including phenoxy) is 2. The molecule has 0 atom stereocenters. The summed E-state index contributed by atoms with van der Waals surface area (Å²) in [6.45, 7) is 0. The zero-order chi connectivity index (χ0) is 42.9. The van der Waals surface area contributed by atoms with Crippen molar-refractivity contribution in [2.45, 2.75) is 0 Å². The van der Waals surface area contributed by atoms with Crippen molar-refractivity contribution in [3.8, 4) is 46.0 Å². The molecule has 0 amide bonds. The molecule has 0 aliphatic heterocycles. The van der Waals surface area contributed by atoms with Gasteiger partial charge in [0.15, 0.2) is 0 Å². The van der Waals surface area contributed by atoms with Crippen molar-refractivity contribution in [3.63, 3.8) is 0 Å². The van der Waals surface area contributed by atoms with Gasteiger partial charge in [0.05, 0.1) is 22.7 Å². The summed E-state index contributed by atoms with van der Waals surface area (Å²) >= 11 is 0. The smallest absolute Gasteiger partial charge is 0.872 e. The topological polar surface area (TPSA) is 160 Å². The van der Waals surface area contributed by atoms with Crippen LogP contribution in [0.4, 0.5) is 22.7 Å². The quantitative estimate of drug-likeness (QED) is 0.111. The predicted octanol–water partition coefficient (Wildman–Crippen LogP) is 10.2. The van der Waals surface area contributed by atoms with E-state index in [1.54, 1.807) is 97.7 Å². The molecule has 0 saturated carbocycles. The first-order valence-corrected chi connectivity index (χ1v) is 19.3. The van der Waals surface area contributed by atoms with Gasteiger partial charge in [-0.1, -0.05) is 97.1 Å². The molecule has 10 nitrogen and oxygen atoms in total. The molecule has 0 spiro atoms. The van der Waals surface area contributed by atoms with Crippen LogP contribution in [0, 0.1) is 0 Å². The van der Waals surface area contributed by atoms with Gasteiger partial charge in [-0.3, -0.25) is 20.0 Å². The zero-order valence-electron chi connectivity index (χ0n) is 33.7. The second-order valence-electron chi connectivity index (χ2n) is 13.4. The van der Waals surface area contributed by atoms with Crippen LogP contribution in [0.2, 0.25) is 0 Å². The first-order valence-electron chi connectivity index (χ1n) is 19.3. The van der Waals surface area contributed by atoms with Crippen LogP contribution in [0.1, 0.15) is 22.3 Å². The summed E-state index contributed by atoms with van der Waals surface area (Å²) in [7, 11) is 0. The van der Waals surface area contributed by atoms with Gasteiger partial charge in [0.1, 0.15) is 23.0 Å². The van der Waals surface area contributed by atoms with Gasteiger partial charge in [-0.2, -0.15) is 0 Å². The zero-order valence-corrected chi connectivity index (χ0v) is 35.8. The van der Waals surface area contributed by atoms with Crippen molar-refractivity contribution in [2.75, 3.05) is 0 Å². The van der Waals surface area contributed by atoms with E-state index in [4.69, 9.17) is 9.47 Å². The molecule has 0 aliphatic carbocycles. The van der Waals surface area contributed by atoms with E-state index in [9.17, 15) is 20.4 Å². The van der Waals surface area contributed by atoms with Gasteiger partial charge in [0.25, 0.3) is 0 Å². The van der Waals surface area contributed by atoms with Crippen LogP contribution < -0.4 is 29.9 Å². The van der Waals surface area contributed by atoms with Crippen molar-refractivity contribution >= 4 is 47.6 Å². The van der Waals surface area contributed by atoms with E-state index in [0.29, 0.717) is 45.3 Å². The Morgan fingerprint density at radius 3 is 0.641 bits per heavy atom. The van der Waals surface area contributed by atoms with Crippen LogP contribution in [0.15, 0.2) is 214 Å². The third-order valence-electron chi connectivity index (χ3n) is 8.91. The van der Waals surface area contributed by atoms with Gasteiger partial charge in [0.2, 0.25) is 0 Å². The monoisotopic (exact) mass is 930 g/mol. The van der Waals surface area contributed by atoms with Crippen molar-refractivity contribution in [3.05, 3.63) is 216 Å². The third-order valence-corrected chi connectivity index (χ3v) is 8.91. The number of benzene rings is 8. The summed E-state index contributed by atoms with van der Waals surface area (Å²) in [5.74, 6) is 2.43. The van der Waals surface area contributed by atoms with E-state index in [-0.39, 0.29) is 56.6 Å². The SMILES string of the molecule is [Co+2].[Co+2].[O-]c1ccccc1C=Nc1ccc(Oc2ccc(N=Cc3ccccc3[O-])cc2)cc1.[O-]c1ccccc1C=Nc1ccc(Oc2ccc(N=Cc3ccccc3[O-])cc2)cc1. The van der Waals surface area contributed by atoms with Crippen LogP contribution in [0.3, 0.4) is 0 Å². The fourth-order valence-corrected chi connectivity index (χ4v) is 5.60. The minimum Gasteiger partial charge on any atom is -0.872 e. The number of hydrogen-bond acceptors (Lipinski definition) is 10. The molecule has 0 saturated heterocycles. The van der Waals surface area contributed by atoms with E-state index in [0.717, 1.165) is 22.7 Å². The Kier molecular flexibility index (Phi) is 17.8. The van der Waals surface area contributed by atoms with E-state index in [1.165, 1.54) is 24.3 Å². The minimum absolute atomic E-state index is 0. The fourth-order valence-electron chi connectivity index (χ4n) is 5.60. The van der Waals surface area contributed by atoms with Gasteiger partial charge < -0.3 is 29.9 Å². The fraction of sp³-hybridized carbons (Fsp3) is 0. The van der Waals surface area contributed by atoms with Gasteiger partial charge in [-0.25, -0.2) is 0 Å². The molecule has 0 unspecified atom stereocenters. The average molecular weight is 931 g/mol. The molecule has 0 aromatic heterocycles. The summed E-state index contributed by atoms with van der Waals surface area (Å²) in [6, 6.07) is 56.1. The second-order valence-corrected chi connectivity index (χ2v) is 13.4. The molecule has 0 N–H and O–H groups in total. The summed E-state index contributed by atoms with van der Waals surface area (Å²) < 4.78 is 11.7. The molecule has 318 valence electrons. The van der Waals surface area contributed by atoms with Crippen LogP contribution in [-0.2, 0) is 33.6 Å². The number of rotatable bonds is 12. The third kappa shape index (κ3) is 14.2. The van der Waals surface area contributed by atoms with Gasteiger partial charge in [-0.05, 0) is 119 Å². The maximum atomic E-state index is 11.7. The van der Waals surface area contributed by atoms with Crippen LogP contribution in [0.5, 0.6) is 46.0 Å². The molecule has 0 heterocycles. The van der Waals surface area contributed by atoms with Crippen molar-refractivity contribution in [2.24, 2.45) is 20.0 Å². The largest absolute Gasteiger partial charge is 2.00 e. The standard InChI is InChI=1S/2C26H20N2O3.2Co/c2*29-25-7-3-1-5-19(25)17-27-21-9-13-23(14-10-21)31-24-15-11-22(12-16-24)28-18-20-6-2-4-8-26(20)30;;/h2*1-18,29-30H;;/q;;2*+2/p-4. The normalized spacial score (nSPS) is 10.9. The molecule has 12 heteroatoms. The minimum atomic E-state index is -0.0591. The molecule has 8 rings (SSSR count). The van der Waals surface area contributed by atoms with Crippen LogP contribution in [0.25, 0.3) is 0 Å². The molecule has 0 bridgehead atoms. The van der Waals surface area contributed by atoms with Gasteiger partial charge in [-0.15, -0.1) is 23.0 Å². The predicted molar refractivity (Wildman–Crippen MR) is 238 cm³/mol. The summed E-state index contributed by atoms with van der Waals surface area (Å²) in [5.41, 5.74) is 5.07.